The lowest BCUT2D eigenvalue weighted by atomic mass is 10.1. The number of carbonyl (C=O) groups is 1. The topological polar surface area (TPSA) is 79.9 Å². The van der Waals surface area contributed by atoms with E-state index in [-0.39, 0.29) is 12.0 Å². The van der Waals surface area contributed by atoms with Crippen molar-refractivity contribution in [3.63, 3.8) is 0 Å². The van der Waals surface area contributed by atoms with Crippen LogP contribution in [0.1, 0.15) is 39.3 Å². The first-order valence-electron chi connectivity index (χ1n) is 6.29. The summed E-state index contributed by atoms with van der Waals surface area (Å²) in [5.41, 5.74) is 2.04. The Kier molecular flexibility index (Phi) is 3.69. The number of nitrogens with one attached hydrogen (secondary N) is 2. The molecule has 19 heavy (non-hydrogen) atoms. The smallest absolute Gasteiger partial charge is 0.406 e. The van der Waals surface area contributed by atoms with E-state index >= 15 is 0 Å². The third kappa shape index (κ3) is 3.01. The minimum absolute atomic E-state index is 0.0232. The Morgan fingerprint density at radius 1 is 1.37 bits per heavy atom. The van der Waals surface area contributed by atoms with E-state index in [1.807, 2.05) is 27.7 Å². The Hall–Kier alpha value is -2.11. The molecule has 0 aromatic carbocycles. The van der Waals surface area contributed by atoms with Gasteiger partial charge in [0, 0.05) is 12.2 Å². The van der Waals surface area contributed by atoms with Gasteiger partial charge in [0.15, 0.2) is 16.9 Å². The second kappa shape index (κ2) is 5.26. The highest BCUT2D eigenvalue weighted by atomic mass is 16.6. The molecule has 0 saturated carbocycles. The maximum atomic E-state index is 11.6. The first-order chi connectivity index (χ1) is 8.97. The normalized spacial score (nSPS) is 11.3. The molecule has 2 heterocycles. The number of ether oxygens (including phenoxy) is 1. The highest BCUT2D eigenvalue weighted by Crippen LogP contribution is 2.24. The van der Waals surface area contributed by atoms with Crippen LogP contribution >= 0.6 is 0 Å². The van der Waals surface area contributed by atoms with Crippen molar-refractivity contribution < 1.29 is 9.53 Å². The maximum Gasteiger partial charge on any atom is 0.412 e. The number of hydrogen-bond donors (Lipinski definition) is 2. The van der Waals surface area contributed by atoms with Crippen LogP contribution < -0.4 is 10.1 Å². The van der Waals surface area contributed by atoms with Gasteiger partial charge in [0.1, 0.15) is 0 Å². The van der Waals surface area contributed by atoms with Crippen molar-refractivity contribution in [3.8, 4) is 5.75 Å². The van der Waals surface area contributed by atoms with Crippen LogP contribution in [0.4, 0.5) is 4.79 Å². The molecule has 0 aliphatic heterocycles. The third-order valence-corrected chi connectivity index (χ3v) is 2.57. The molecule has 0 aliphatic carbocycles. The van der Waals surface area contributed by atoms with Crippen molar-refractivity contribution >= 4 is 17.3 Å². The van der Waals surface area contributed by atoms with Gasteiger partial charge in [-0.1, -0.05) is 13.8 Å². The highest BCUT2D eigenvalue weighted by molar-refractivity contribution is 5.82. The Morgan fingerprint density at radius 2 is 2.11 bits per heavy atom. The second-order valence-electron chi connectivity index (χ2n) is 4.99. The lowest BCUT2D eigenvalue weighted by molar-refractivity contribution is 0.198. The van der Waals surface area contributed by atoms with Crippen LogP contribution in [0.25, 0.3) is 11.2 Å². The first-order valence-corrected chi connectivity index (χ1v) is 6.29. The number of aromatic amines is 1. The minimum Gasteiger partial charge on any atom is -0.406 e. The van der Waals surface area contributed by atoms with Crippen LogP contribution in [0.3, 0.4) is 0 Å². The van der Waals surface area contributed by atoms with Crippen molar-refractivity contribution in [2.75, 3.05) is 0 Å². The number of rotatable bonds is 3. The van der Waals surface area contributed by atoms with Crippen LogP contribution in [-0.2, 0) is 0 Å². The molecule has 2 aromatic rings. The van der Waals surface area contributed by atoms with E-state index in [0.29, 0.717) is 16.9 Å². The van der Waals surface area contributed by atoms with Crippen LogP contribution in [0.15, 0.2) is 12.4 Å². The average molecular weight is 262 g/mol. The number of carbonyl (C=O) groups excluding carboxylic acids is 1. The summed E-state index contributed by atoms with van der Waals surface area (Å²) in [6, 6.07) is 0.0232. The molecule has 6 heteroatoms. The van der Waals surface area contributed by atoms with Crippen LogP contribution in [0, 0.1) is 0 Å². The third-order valence-electron chi connectivity index (χ3n) is 2.57. The van der Waals surface area contributed by atoms with E-state index in [4.69, 9.17) is 4.74 Å². The zero-order valence-corrected chi connectivity index (χ0v) is 11.5. The quantitative estimate of drug-likeness (QED) is 0.891. The van der Waals surface area contributed by atoms with Gasteiger partial charge in [-0.15, -0.1) is 0 Å². The van der Waals surface area contributed by atoms with E-state index in [1.54, 1.807) is 12.4 Å². The molecule has 0 aliphatic rings. The van der Waals surface area contributed by atoms with Gasteiger partial charge >= 0.3 is 6.09 Å². The summed E-state index contributed by atoms with van der Waals surface area (Å²) >= 11 is 0. The summed E-state index contributed by atoms with van der Waals surface area (Å²) in [6.45, 7) is 7.81. The number of hydrogen-bond acceptors (Lipinski definition) is 4. The summed E-state index contributed by atoms with van der Waals surface area (Å²) in [6.07, 6.45) is 2.82. The molecule has 2 rings (SSSR count). The molecule has 1 amide bonds. The van der Waals surface area contributed by atoms with Gasteiger partial charge in [-0.2, -0.15) is 0 Å². The SMILES string of the molecule is CC(C)NC(=O)Oc1c[nH]c2ncc(C(C)C)nc12. The molecule has 0 bridgehead atoms. The van der Waals surface area contributed by atoms with Crippen LogP contribution in [-0.4, -0.2) is 27.1 Å². The van der Waals surface area contributed by atoms with Crippen molar-refractivity contribution in [3.05, 3.63) is 18.1 Å². The number of fused-ring (bicyclic) bond motifs is 1. The standard InChI is InChI=1S/C13H18N4O2/c1-7(2)9-5-14-12-11(17-9)10(6-15-12)19-13(18)16-8(3)4/h5-8H,1-4H3,(H,14,15)(H,16,18). The van der Waals surface area contributed by atoms with Crippen molar-refractivity contribution in [2.24, 2.45) is 0 Å². The summed E-state index contributed by atoms with van der Waals surface area (Å²) in [4.78, 5) is 23.3. The van der Waals surface area contributed by atoms with Gasteiger partial charge in [0.05, 0.1) is 11.9 Å². The number of amides is 1. The van der Waals surface area contributed by atoms with Gasteiger partial charge in [-0.05, 0) is 19.8 Å². The predicted octanol–water partition coefficient (Wildman–Crippen LogP) is 2.58. The largest absolute Gasteiger partial charge is 0.412 e. The fourth-order valence-electron chi connectivity index (χ4n) is 1.60. The lowest BCUT2D eigenvalue weighted by Gasteiger charge is -2.08. The fourth-order valence-corrected chi connectivity index (χ4v) is 1.60. The first kappa shape index (κ1) is 13.3. The monoisotopic (exact) mass is 262 g/mol. The zero-order valence-electron chi connectivity index (χ0n) is 11.5. The van der Waals surface area contributed by atoms with Gasteiger partial charge in [0.25, 0.3) is 0 Å². The van der Waals surface area contributed by atoms with Gasteiger partial charge in [0.2, 0.25) is 0 Å². The number of aromatic nitrogens is 3. The summed E-state index contributed by atoms with van der Waals surface area (Å²) in [5.74, 6) is 0.660. The summed E-state index contributed by atoms with van der Waals surface area (Å²) in [5, 5.41) is 2.66. The second-order valence-corrected chi connectivity index (χ2v) is 4.99. The van der Waals surface area contributed by atoms with E-state index in [2.05, 4.69) is 20.3 Å². The molecule has 0 atom stereocenters. The molecule has 0 spiro atoms. The molecule has 0 fully saturated rings. The summed E-state index contributed by atoms with van der Waals surface area (Å²) < 4.78 is 5.23. The van der Waals surface area contributed by atoms with Crippen molar-refractivity contribution in [2.45, 2.75) is 39.7 Å². The molecule has 0 saturated heterocycles. The van der Waals surface area contributed by atoms with Crippen LogP contribution in [0.2, 0.25) is 0 Å². The number of H-pyrrole nitrogens is 1. The summed E-state index contributed by atoms with van der Waals surface area (Å²) in [7, 11) is 0. The molecule has 0 unspecified atom stereocenters. The highest BCUT2D eigenvalue weighted by Gasteiger charge is 2.14. The molecule has 0 radical (unpaired) electrons. The van der Waals surface area contributed by atoms with E-state index in [0.717, 1.165) is 5.69 Å². The van der Waals surface area contributed by atoms with E-state index in [1.165, 1.54) is 0 Å². The molecule has 102 valence electrons. The van der Waals surface area contributed by atoms with Crippen LogP contribution in [0.5, 0.6) is 5.75 Å². The fraction of sp³-hybridized carbons (Fsp3) is 0.462. The zero-order chi connectivity index (χ0) is 14.0. The maximum absolute atomic E-state index is 11.6. The Balaban J connectivity index is 2.28. The van der Waals surface area contributed by atoms with Crippen molar-refractivity contribution in [1.29, 1.82) is 0 Å². The number of nitrogens with zero attached hydrogens (tertiary/aromatic N) is 2. The van der Waals surface area contributed by atoms with E-state index in [9.17, 15) is 4.79 Å². The Bertz CT molecular complexity index is 589. The van der Waals surface area contributed by atoms with E-state index < -0.39 is 6.09 Å². The van der Waals surface area contributed by atoms with Gasteiger partial charge in [-0.3, -0.25) is 0 Å². The van der Waals surface area contributed by atoms with Gasteiger partial charge in [-0.25, -0.2) is 14.8 Å². The lowest BCUT2D eigenvalue weighted by Crippen LogP contribution is -2.32. The molecule has 2 aromatic heterocycles. The predicted molar refractivity (Wildman–Crippen MR) is 72.3 cm³/mol. The average Bonchev–Trinajstić information content (AvgIpc) is 2.70. The molecular weight excluding hydrogens is 244 g/mol. The van der Waals surface area contributed by atoms with Crippen molar-refractivity contribution in [1.82, 2.24) is 20.3 Å². The van der Waals surface area contributed by atoms with Gasteiger partial charge < -0.3 is 15.0 Å². The molecule has 6 nitrogen and oxygen atoms in total. The molecular formula is C13H18N4O2. The Labute approximate surface area is 111 Å². The Morgan fingerprint density at radius 3 is 2.74 bits per heavy atom. The molecule has 2 N–H and O–H groups in total. The minimum atomic E-state index is -0.493.